The van der Waals surface area contributed by atoms with Crippen LogP contribution in [-0.2, 0) is 9.59 Å². The molecule has 3 rings (SSSR count). The van der Waals surface area contributed by atoms with Crippen LogP contribution in [0.4, 0.5) is 0 Å². The molecule has 3 aliphatic rings. The minimum absolute atomic E-state index is 0.0338. The van der Waals surface area contributed by atoms with Crippen LogP contribution in [0.5, 0.6) is 0 Å². The number of likely N-dealkylation sites (tertiary alicyclic amines) is 1. The van der Waals surface area contributed by atoms with Gasteiger partial charge in [-0.1, -0.05) is 19.3 Å². The molecular formula is C15H24N2O3. The van der Waals surface area contributed by atoms with Crippen LogP contribution in [0.2, 0.25) is 0 Å². The van der Waals surface area contributed by atoms with Crippen LogP contribution in [-0.4, -0.2) is 46.6 Å². The number of nitrogens with zero attached hydrogens (tertiary/aromatic N) is 1. The average molecular weight is 280 g/mol. The molecule has 1 amide bonds. The number of aliphatic carboxylic acids is 1. The highest BCUT2D eigenvalue weighted by Crippen LogP contribution is 2.40. The van der Waals surface area contributed by atoms with Gasteiger partial charge in [0, 0.05) is 6.04 Å². The Kier molecular flexibility index (Phi) is 3.96. The summed E-state index contributed by atoms with van der Waals surface area (Å²) < 4.78 is 0. The van der Waals surface area contributed by atoms with E-state index in [4.69, 9.17) is 0 Å². The zero-order valence-corrected chi connectivity index (χ0v) is 11.9. The number of carbonyl (C=O) groups excluding carboxylic acids is 1. The molecule has 0 spiro atoms. The summed E-state index contributed by atoms with van der Waals surface area (Å²) in [6.45, 7) is 0.871. The Morgan fingerprint density at radius 1 is 1.05 bits per heavy atom. The van der Waals surface area contributed by atoms with Crippen molar-refractivity contribution in [1.29, 1.82) is 0 Å². The fourth-order valence-electron chi connectivity index (χ4n) is 4.24. The molecule has 3 fully saturated rings. The van der Waals surface area contributed by atoms with Crippen molar-refractivity contribution in [2.75, 3.05) is 6.54 Å². The number of amides is 1. The second-order valence-corrected chi connectivity index (χ2v) is 6.45. The number of rotatable bonds is 2. The fourth-order valence-corrected chi connectivity index (χ4v) is 4.24. The van der Waals surface area contributed by atoms with Crippen molar-refractivity contribution in [2.24, 2.45) is 5.92 Å². The minimum Gasteiger partial charge on any atom is -0.480 e. The quantitative estimate of drug-likeness (QED) is 0.801. The SMILES string of the molecule is O=C(O)C1CC2CCCCC2N1C(=O)[C@@H]1CCCCN1. The van der Waals surface area contributed by atoms with Crippen LogP contribution in [0.3, 0.4) is 0 Å². The summed E-state index contributed by atoms with van der Waals surface area (Å²) in [7, 11) is 0. The Bertz CT molecular complexity index is 393. The van der Waals surface area contributed by atoms with Gasteiger partial charge in [0.2, 0.25) is 5.91 Å². The van der Waals surface area contributed by atoms with Crippen LogP contribution < -0.4 is 5.32 Å². The lowest BCUT2D eigenvalue weighted by atomic mass is 9.84. The van der Waals surface area contributed by atoms with E-state index >= 15 is 0 Å². The van der Waals surface area contributed by atoms with Gasteiger partial charge in [0.05, 0.1) is 6.04 Å². The van der Waals surface area contributed by atoms with Crippen LogP contribution in [0.1, 0.15) is 51.4 Å². The Labute approximate surface area is 119 Å². The lowest BCUT2D eigenvalue weighted by Crippen LogP contribution is -2.54. The molecule has 0 radical (unpaired) electrons. The zero-order valence-electron chi connectivity index (χ0n) is 11.9. The first-order chi connectivity index (χ1) is 9.68. The molecule has 1 aliphatic carbocycles. The highest BCUT2D eigenvalue weighted by atomic mass is 16.4. The first-order valence-electron chi connectivity index (χ1n) is 7.97. The van der Waals surface area contributed by atoms with Crippen LogP contribution in [0.25, 0.3) is 0 Å². The summed E-state index contributed by atoms with van der Waals surface area (Å²) in [5, 5.41) is 12.7. The molecule has 2 saturated heterocycles. The first kappa shape index (κ1) is 13.9. The van der Waals surface area contributed by atoms with E-state index < -0.39 is 12.0 Å². The van der Waals surface area contributed by atoms with Crippen molar-refractivity contribution in [3.05, 3.63) is 0 Å². The lowest BCUT2D eigenvalue weighted by molar-refractivity contribution is -0.151. The third-order valence-electron chi connectivity index (χ3n) is 5.24. The molecule has 2 N–H and O–H groups in total. The van der Waals surface area contributed by atoms with Crippen molar-refractivity contribution in [1.82, 2.24) is 10.2 Å². The van der Waals surface area contributed by atoms with E-state index in [9.17, 15) is 14.7 Å². The number of hydrogen-bond acceptors (Lipinski definition) is 3. The van der Waals surface area contributed by atoms with E-state index in [0.717, 1.165) is 45.1 Å². The van der Waals surface area contributed by atoms with Crippen molar-refractivity contribution < 1.29 is 14.7 Å². The molecule has 2 heterocycles. The number of piperidine rings is 1. The van der Waals surface area contributed by atoms with Gasteiger partial charge in [-0.3, -0.25) is 4.79 Å². The van der Waals surface area contributed by atoms with Crippen LogP contribution in [0.15, 0.2) is 0 Å². The second-order valence-electron chi connectivity index (χ2n) is 6.45. The third-order valence-corrected chi connectivity index (χ3v) is 5.24. The van der Waals surface area contributed by atoms with Crippen molar-refractivity contribution in [2.45, 2.75) is 69.5 Å². The zero-order chi connectivity index (χ0) is 14.1. The lowest BCUT2D eigenvalue weighted by Gasteiger charge is -2.36. The Balaban J connectivity index is 1.79. The van der Waals surface area contributed by atoms with E-state index in [1.165, 1.54) is 6.42 Å². The normalized spacial score (nSPS) is 37.5. The van der Waals surface area contributed by atoms with Gasteiger partial charge in [-0.2, -0.15) is 0 Å². The van der Waals surface area contributed by atoms with Crippen molar-refractivity contribution in [3.8, 4) is 0 Å². The molecule has 0 aromatic rings. The molecule has 2 aliphatic heterocycles. The van der Waals surface area contributed by atoms with Crippen molar-refractivity contribution in [3.63, 3.8) is 0 Å². The van der Waals surface area contributed by atoms with Crippen molar-refractivity contribution >= 4 is 11.9 Å². The monoisotopic (exact) mass is 280 g/mol. The highest BCUT2D eigenvalue weighted by molar-refractivity contribution is 5.88. The van der Waals surface area contributed by atoms with Crippen LogP contribution >= 0.6 is 0 Å². The summed E-state index contributed by atoms with van der Waals surface area (Å²) in [6, 6.07) is -0.591. The summed E-state index contributed by atoms with van der Waals surface area (Å²) >= 11 is 0. The summed E-state index contributed by atoms with van der Waals surface area (Å²) in [6.07, 6.45) is 8.02. The maximum atomic E-state index is 12.8. The highest BCUT2D eigenvalue weighted by Gasteiger charge is 2.48. The number of fused-ring (bicyclic) bond motifs is 1. The molecule has 1 saturated carbocycles. The maximum Gasteiger partial charge on any atom is 0.326 e. The second kappa shape index (κ2) is 5.72. The first-order valence-corrected chi connectivity index (χ1v) is 7.97. The number of nitrogens with one attached hydrogen (secondary N) is 1. The van der Waals surface area contributed by atoms with Gasteiger partial charge in [-0.05, 0) is 44.6 Å². The van der Waals surface area contributed by atoms with Gasteiger partial charge in [0.25, 0.3) is 0 Å². The molecule has 112 valence electrons. The topological polar surface area (TPSA) is 69.6 Å². The molecule has 5 heteroatoms. The average Bonchev–Trinajstić information content (AvgIpc) is 2.87. The predicted molar refractivity (Wildman–Crippen MR) is 74.3 cm³/mol. The largest absolute Gasteiger partial charge is 0.480 e. The predicted octanol–water partition coefficient (Wildman–Crippen LogP) is 1.37. The van der Waals surface area contributed by atoms with Gasteiger partial charge in [0.15, 0.2) is 0 Å². The molecule has 20 heavy (non-hydrogen) atoms. The van der Waals surface area contributed by atoms with Gasteiger partial charge in [0.1, 0.15) is 6.04 Å². The molecule has 0 bridgehead atoms. The molecule has 5 nitrogen and oxygen atoms in total. The third kappa shape index (κ3) is 2.43. The number of carboxylic acids is 1. The van der Waals surface area contributed by atoms with Crippen LogP contribution in [0, 0.1) is 5.92 Å². The maximum absolute atomic E-state index is 12.8. The Morgan fingerprint density at radius 3 is 2.50 bits per heavy atom. The van der Waals surface area contributed by atoms with Gasteiger partial charge in [-0.25, -0.2) is 4.79 Å². The minimum atomic E-state index is -0.830. The van der Waals surface area contributed by atoms with Gasteiger partial charge >= 0.3 is 5.97 Å². The summed E-state index contributed by atoms with van der Waals surface area (Å²) in [4.78, 5) is 26.0. The number of carboxylic acid groups (broad SMARTS) is 1. The van der Waals surface area contributed by atoms with E-state index in [1.54, 1.807) is 4.90 Å². The smallest absolute Gasteiger partial charge is 0.326 e. The fraction of sp³-hybridized carbons (Fsp3) is 0.867. The molecule has 0 aromatic carbocycles. The van der Waals surface area contributed by atoms with E-state index in [0.29, 0.717) is 12.3 Å². The Morgan fingerprint density at radius 2 is 1.80 bits per heavy atom. The van der Waals surface area contributed by atoms with E-state index in [2.05, 4.69) is 5.32 Å². The molecule has 3 unspecified atom stereocenters. The van der Waals surface area contributed by atoms with Gasteiger partial charge < -0.3 is 15.3 Å². The van der Waals surface area contributed by atoms with E-state index in [-0.39, 0.29) is 18.0 Å². The molecular weight excluding hydrogens is 256 g/mol. The van der Waals surface area contributed by atoms with E-state index in [1.807, 2.05) is 0 Å². The Hall–Kier alpha value is -1.10. The van der Waals surface area contributed by atoms with Gasteiger partial charge in [-0.15, -0.1) is 0 Å². The standard InChI is InChI=1S/C15H24N2O3/c18-14(11-6-3-4-8-16-11)17-12-7-2-1-5-10(12)9-13(17)15(19)20/h10-13,16H,1-9H2,(H,19,20)/t10?,11-,12?,13?/m0/s1. The molecule has 0 aromatic heterocycles. The molecule has 4 atom stereocenters. The number of hydrogen-bond donors (Lipinski definition) is 2. The summed E-state index contributed by atoms with van der Waals surface area (Å²) in [5.41, 5.74) is 0. The number of carbonyl (C=O) groups is 2. The summed E-state index contributed by atoms with van der Waals surface area (Å²) in [5.74, 6) is -0.396.